The molecular weight excluding hydrogens is 318 g/mol. The molecule has 0 fully saturated rings. The summed E-state index contributed by atoms with van der Waals surface area (Å²) in [6, 6.07) is 16.4. The van der Waals surface area contributed by atoms with Gasteiger partial charge in [-0.3, -0.25) is 4.79 Å². The first kappa shape index (κ1) is 16.8. The fourth-order valence-electron chi connectivity index (χ4n) is 2.60. The minimum absolute atomic E-state index is 0.0785. The zero-order valence-corrected chi connectivity index (χ0v) is 14.2. The molecule has 0 radical (unpaired) electrons. The van der Waals surface area contributed by atoms with E-state index in [0.29, 0.717) is 17.9 Å². The Bertz CT molecular complexity index is 947. The van der Waals surface area contributed by atoms with E-state index in [2.05, 4.69) is 0 Å². The smallest absolute Gasteiger partial charge is 0.336 e. The number of fused-ring (bicyclic) bond motifs is 1. The number of rotatable bonds is 5. The molecular formula is C20H19NO4. The first-order valence-electron chi connectivity index (χ1n) is 7.98. The van der Waals surface area contributed by atoms with Crippen molar-refractivity contribution in [1.82, 2.24) is 4.90 Å². The Balaban J connectivity index is 1.65. The van der Waals surface area contributed by atoms with Crippen molar-refractivity contribution in [2.45, 2.75) is 13.5 Å². The van der Waals surface area contributed by atoms with Gasteiger partial charge in [0.2, 0.25) is 0 Å². The van der Waals surface area contributed by atoms with Crippen LogP contribution in [-0.2, 0) is 11.3 Å². The molecule has 5 nitrogen and oxygen atoms in total. The first-order valence-corrected chi connectivity index (χ1v) is 7.98. The molecule has 0 unspecified atom stereocenters. The molecule has 0 aliphatic rings. The van der Waals surface area contributed by atoms with Gasteiger partial charge in [-0.1, -0.05) is 30.3 Å². The summed E-state index contributed by atoms with van der Waals surface area (Å²) < 4.78 is 10.7. The lowest BCUT2D eigenvalue weighted by atomic mass is 10.1. The third kappa shape index (κ3) is 4.07. The molecule has 2 aromatic carbocycles. The van der Waals surface area contributed by atoms with Gasteiger partial charge in [0, 0.05) is 31.1 Å². The average Bonchev–Trinajstić information content (AvgIpc) is 2.60. The quantitative estimate of drug-likeness (QED) is 0.671. The Morgan fingerprint density at radius 3 is 2.64 bits per heavy atom. The molecule has 0 aliphatic heterocycles. The van der Waals surface area contributed by atoms with Crippen LogP contribution in [-0.4, -0.2) is 24.5 Å². The number of aryl methyl sites for hydroxylation is 1. The van der Waals surface area contributed by atoms with Gasteiger partial charge in [-0.25, -0.2) is 4.79 Å². The second-order valence-corrected chi connectivity index (χ2v) is 5.93. The highest BCUT2D eigenvalue weighted by Crippen LogP contribution is 2.22. The van der Waals surface area contributed by atoms with E-state index in [1.54, 1.807) is 24.1 Å². The van der Waals surface area contributed by atoms with E-state index in [4.69, 9.17) is 9.15 Å². The summed E-state index contributed by atoms with van der Waals surface area (Å²) in [4.78, 5) is 25.3. The summed E-state index contributed by atoms with van der Waals surface area (Å²) in [5, 5.41) is 0.847. The summed E-state index contributed by atoms with van der Waals surface area (Å²) in [7, 11) is 1.74. The molecule has 1 amide bonds. The normalized spacial score (nSPS) is 10.6. The van der Waals surface area contributed by atoms with E-state index in [0.717, 1.165) is 16.5 Å². The van der Waals surface area contributed by atoms with Gasteiger partial charge in [-0.2, -0.15) is 0 Å². The Kier molecular flexibility index (Phi) is 4.84. The predicted octanol–water partition coefficient (Wildman–Crippen LogP) is 3.14. The van der Waals surface area contributed by atoms with Crippen LogP contribution in [0.1, 0.15) is 11.1 Å². The van der Waals surface area contributed by atoms with Crippen LogP contribution in [0.4, 0.5) is 0 Å². The van der Waals surface area contributed by atoms with E-state index in [1.807, 2.05) is 43.3 Å². The number of hydrogen-bond donors (Lipinski definition) is 0. The van der Waals surface area contributed by atoms with Crippen LogP contribution in [0.3, 0.4) is 0 Å². The minimum atomic E-state index is -0.402. The number of nitrogens with zero attached hydrogens (tertiary/aromatic N) is 1. The molecule has 3 rings (SSSR count). The SMILES string of the molecule is Cc1cc(=O)oc2cc(OCC(=O)N(C)Cc3ccccc3)ccc12. The molecule has 0 aliphatic carbocycles. The van der Waals surface area contributed by atoms with Crippen LogP contribution in [0.15, 0.2) is 63.8 Å². The van der Waals surface area contributed by atoms with Gasteiger partial charge in [0.1, 0.15) is 11.3 Å². The van der Waals surface area contributed by atoms with Crippen molar-refractivity contribution in [3.8, 4) is 5.75 Å². The van der Waals surface area contributed by atoms with E-state index in [9.17, 15) is 9.59 Å². The molecule has 5 heteroatoms. The minimum Gasteiger partial charge on any atom is -0.484 e. The van der Waals surface area contributed by atoms with Gasteiger partial charge in [-0.05, 0) is 30.2 Å². The van der Waals surface area contributed by atoms with Gasteiger partial charge in [-0.15, -0.1) is 0 Å². The van der Waals surface area contributed by atoms with Crippen LogP contribution in [0.25, 0.3) is 11.0 Å². The maximum atomic E-state index is 12.2. The number of benzene rings is 2. The molecule has 0 spiro atoms. The summed E-state index contributed by atoms with van der Waals surface area (Å²) >= 11 is 0. The van der Waals surface area contributed by atoms with E-state index in [1.165, 1.54) is 6.07 Å². The molecule has 1 aromatic heterocycles. The molecule has 0 bridgehead atoms. The van der Waals surface area contributed by atoms with Gasteiger partial charge in [0.05, 0.1) is 0 Å². The van der Waals surface area contributed by atoms with E-state index in [-0.39, 0.29) is 12.5 Å². The number of amides is 1. The van der Waals surface area contributed by atoms with Crippen LogP contribution in [0, 0.1) is 6.92 Å². The molecule has 0 saturated carbocycles. The number of hydrogen-bond acceptors (Lipinski definition) is 4. The topological polar surface area (TPSA) is 59.8 Å². The fourth-order valence-corrected chi connectivity index (χ4v) is 2.60. The molecule has 128 valence electrons. The predicted molar refractivity (Wildman–Crippen MR) is 95.6 cm³/mol. The van der Waals surface area contributed by atoms with Gasteiger partial charge in [0.15, 0.2) is 6.61 Å². The van der Waals surface area contributed by atoms with Crippen LogP contribution in [0.2, 0.25) is 0 Å². The highest BCUT2D eigenvalue weighted by molar-refractivity contribution is 5.81. The third-order valence-corrected chi connectivity index (χ3v) is 3.97. The molecule has 1 heterocycles. The largest absolute Gasteiger partial charge is 0.484 e. The molecule has 0 N–H and O–H groups in total. The lowest BCUT2D eigenvalue weighted by molar-refractivity contribution is -0.132. The van der Waals surface area contributed by atoms with Crippen molar-refractivity contribution >= 4 is 16.9 Å². The Morgan fingerprint density at radius 1 is 1.12 bits per heavy atom. The van der Waals surface area contributed by atoms with Crippen molar-refractivity contribution in [1.29, 1.82) is 0 Å². The lowest BCUT2D eigenvalue weighted by Gasteiger charge is -2.17. The summed E-state index contributed by atoms with van der Waals surface area (Å²) in [5.41, 5.74) is 1.95. The van der Waals surface area contributed by atoms with Gasteiger partial charge >= 0.3 is 5.63 Å². The second kappa shape index (κ2) is 7.21. The van der Waals surface area contributed by atoms with Crippen LogP contribution in [0.5, 0.6) is 5.75 Å². The first-order chi connectivity index (χ1) is 12.0. The Labute approximate surface area is 145 Å². The van der Waals surface area contributed by atoms with Crippen molar-refractivity contribution in [2.24, 2.45) is 0 Å². The summed E-state index contributed by atoms with van der Waals surface area (Å²) in [6.07, 6.45) is 0. The highest BCUT2D eigenvalue weighted by atomic mass is 16.5. The molecule has 25 heavy (non-hydrogen) atoms. The van der Waals surface area contributed by atoms with Crippen molar-refractivity contribution in [2.75, 3.05) is 13.7 Å². The average molecular weight is 337 g/mol. The van der Waals surface area contributed by atoms with Crippen LogP contribution >= 0.6 is 0 Å². The summed E-state index contributed by atoms with van der Waals surface area (Å²) in [5.74, 6) is 0.359. The van der Waals surface area contributed by atoms with Crippen molar-refractivity contribution in [3.63, 3.8) is 0 Å². The van der Waals surface area contributed by atoms with Crippen molar-refractivity contribution in [3.05, 3.63) is 76.1 Å². The zero-order chi connectivity index (χ0) is 17.8. The number of ether oxygens (including phenoxy) is 1. The fraction of sp³-hybridized carbons (Fsp3) is 0.200. The molecule has 0 saturated heterocycles. The van der Waals surface area contributed by atoms with E-state index < -0.39 is 5.63 Å². The number of carbonyl (C=O) groups excluding carboxylic acids is 1. The molecule has 3 aromatic rings. The van der Waals surface area contributed by atoms with E-state index >= 15 is 0 Å². The molecule has 0 atom stereocenters. The van der Waals surface area contributed by atoms with Gasteiger partial charge < -0.3 is 14.1 Å². The summed E-state index contributed by atoms with van der Waals surface area (Å²) in [6.45, 7) is 2.29. The number of likely N-dealkylation sites (N-methyl/N-ethyl adjacent to an activating group) is 1. The number of carbonyl (C=O) groups is 1. The zero-order valence-electron chi connectivity index (χ0n) is 14.2. The van der Waals surface area contributed by atoms with Crippen LogP contribution < -0.4 is 10.4 Å². The third-order valence-electron chi connectivity index (χ3n) is 3.97. The maximum absolute atomic E-state index is 12.2. The van der Waals surface area contributed by atoms with Gasteiger partial charge in [0.25, 0.3) is 5.91 Å². The maximum Gasteiger partial charge on any atom is 0.336 e. The monoisotopic (exact) mass is 337 g/mol. The standard InChI is InChI=1S/C20H19NO4/c1-14-10-20(23)25-18-11-16(8-9-17(14)18)24-13-19(22)21(2)12-15-6-4-3-5-7-15/h3-11H,12-13H2,1-2H3. The second-order valence-electron chi connectivity index (χ2n) is 5.93. The lowest BCUT2D eigenvalue weighted by Crippen LogP contribution is -2.30. The Morgan fingerprint density at radius 2 is 1.88 bits per heavy atom. The Hall–Kier alpha value is -3.08. The highest BCUT2D eigenvalue weighted by Gasteiger charge is 2.11. The van der Waals surface area contributed by atoms with Crippen molar-refractivity contribution < 1.29 is 13.9 Å².